The Balaban J connectivity index is 1.31. The van der Waals surface area contributed by atoms with Crippen LogP contribution in [0.1, 0.15) is 44.1 Å². The van der Waals surface area contributed by atoms with Gasteiger partial charge in [-0.15, -0.1) is 0 Å². The molecule has 1 unspecified atom stereocenters. The molecule has 0 radical (unpaired) electrons. The minimum Gasteiger partial charge on any atom is -0.335 e. The second kappa shape index (κ2) is 5.55. The summed E-state index contributed by atoms with van der Waals surface area (Å²) in [6, 6.07) is 6.48. The average molecular weight is 312 g/mol. The van der Waals surface area contributed by atoms with Gasteiger partial charge < -0.3 is 15.2 Å². The summed E-state index contributed by atoms with van der Waals surface area (Å²) in [4.78, 5) is 16.5. The highest BCUT2D eigenvalue weighted by Gasteiger charge is 2.54. The minimum atomic E-state index is -0.0430. The number of rotatable bonds is 3. The number of urea groups is 1. The van der Waals surface area contributed by atoms with Crippen molar-refractivity contribution in [1.82, 2.24) is 20.2 Å². The van der Waals surface area contributed by atoms with E-state index < -0.39 is 0 Å². The van der Waals surface area contributed by atoms with Crippen molar-refractivity contribution in [2.24, 2.45) is 12.5 Å². The second-order valence-electron chi connectivity index (χ2n) is 7.19. The molecule has 2 aliphatic rings. The fraction of sp³-hybridized carbons (Fsp3) is 0.556. The number of aryl methyl sites for hydroxylation is 1. The second-order valence-corrected chi connectivity index (χ2v) is 7.19. The number of nitrogens with one attached hydrogen (secondary N) is 2. The number of imidazole rings is 1. The van der Waals surface area contributed by atoms with Gasteiger partial charge in [-0.25, -0.2) is 9.78 Å². The van der Waals surface area contributed by atoms with E-state index in [1.54, 1.807) is 0 Å². The third-order valence-electron chi connectivity index (χ3n) is 5.59. The van der Waals surface area contributed by atoms with Crippen molar-refractivity contribution in [3.8, 4) is 0 Å². The number of hydrogen-bond donors (Lipinski definition) is 2. The Bertz CT molecular complexity index is 730. The van der Waals surface area contributed by atoms with Crippen molar-refractivity contribution in [3.05, 3.63) is 30.1 Å². The quantitative estimate of drug-likeness (QED) is 0.915. The molecule has 2 amide bonds. The highest BCUT2D eigenvalue weighted by molar-refractivity contribution is 5.77. The van der Waals surface area contributed by atoms with E-state index in [0.29, 0.717) is 18.0 Å². The lowest BCUT2D eigenvalue weighted by molar-refractivity contribution is 0.235. The number of benzene rings is 1. The van der Waals surface area contributed by atoms with Crippen molar-refractivity contribution in [1.29, 1.82) is 0 Å². The number of amides is 2. The SMILES string of the molecule is Cn1cnc2cc(CNC(=O)NC3CC34CCCCC4)ccc21. The highest BCUT2D eigenvalue weighted by Crippen LogP contribution is 2.56. The molecule has 122 valence electrons. The predicted molar refractivity (Wildman–Crippen MR) is 90.0 cm³/mol. The number of aromatic nitrogens is 2. The molecule has 5 nitrogen and oxygen atoms in total. The summed E-state index contributed by atoms with van der Waals surface area (Å²) in [6.07, 6.45) is 9.55. The van der Waals surface area contributed by atoms with E-state index in [1.165, 1.54) is 38.5 Å². The Labute approximate surface area is 136 Å². The standard InChI is InChI=1S/C18H24N4O/c1-22-12-20-14-9-13(5-6-15(14)22)11-19-17(23)21-16-10-18(16)7-3-2-4-8-18/h5-6,9,12,16H,2-4,7-8,10-11H2,1H3,(H2,19,21,23). The largest absolute Gasteiger partial charge is 0.335 e. The lowest BCUT2D eigenvalue weighted by Crippen LogP contribution is -2.38. The van der Waals surface area contributed by atoms with Gasteiger partial charge in [0.2, 0.25) is 0 Å². The van der Waals surface area contributed by atoms with E-state index in [0.717, 1.165) is 16.6 Å². The smallest absolute Gasteiger partial charge is 0.315 e. The van der Waals surface area contributed by atoms with Gasteiger partial charge >= 0.3 is 6.03 Å². The van der Waals surface area contributed by atoms with Crippen LogP contribution in [0.4, 0.5) is 4.79 Å². The van der Waals surface area contributed by atoms with Crippen molar-refractivity contribution in [3.63, 3.8) is 0 Å². The van der Waals surface area contributed by atoms with Crippen LogP contribution in [-0.2, 0) is 13.6 Å². The maximum absolute atomic E-state index is 12.1. The lowest BCUT2D eigenvalue weighted by atomic mass is 9.86. The molecule has 1 spiro atoms. The maximum atomic E-state index is 12.1. The molecule has 5 heteroatoms. The lowest BCUT2D eigenvalue weighted by Gasteiger charge is -2.22. The molecule has 2 saturated carbocycles. The van der Waals surface area contributed by atoms with Crippen molar-refractivity contribution >= 4 is 17.1 Å². The molecule has 2 fully saturated rings. The first-order valence-corrected chi connectivity index (χ1v) is 8.61. The van der Waals surface area contributed by atoms with Gasteiger partial charge in [0, 0.05) is 19.6 Å². The van der Waals surface area contributed by atoms with Crippen molar-refractivity contribution < 1.29 is 4.79 Å². The van der Waals surface area contributed by atoms with E-state index in [4.69, 9.17) is 0 Å². The molecule has 1 heterocycles. The van der Waals surface area contributed by atoms with Gasteiger partial charge in [-0.1, -0.05) is 25.3 Å². The minimum absolute atomic E-state index is 0.0430. The highest BCUT2D eigenvalue weighted by atomic mass is 16.2. The number of fused-ring (bicyclic) bond motifs is 1. The number of carbonyl (C=O) groups excluding carboxylic acids is 1. The van der Waals surface area contributed by atoms with E-state index in [-0.39, 0.29) is 6.03 Å². The Morgan fingerprint density at radius 1 is 1.35 bits per heavy atom. The van der Waals surface area contributed by atoms with Gasteiger partial charge in [0.05, 0.1) is 17.4 Å². The van der Waals surface area contributed by atoms with Crippen LogP contribution in [0.2, 0.25) is 0 Å². The summed E-state index contributed by atoms with van der Waals surface area (Å²) in [5, 5.41) is 6.14. The summed E-state index contributed by atoms with van der Waals surface area (Å²) in [5.74, 6) is 0. The van der Waals surface area contributed by atoms with Gasteiger partial charge in [0.15, 0.2) is 0 Å². The van der Waals surface area contributed by atoms with E-state index >= 15 is 0 Å². The molecular weight excluding hydrogens is 288 g/mol. The van der Waals surface area contributed by atoms with E-state index in [9.17, 15) is 4.79 Å². The number of nitrogens with zero attached hydrogens (tertiary/aromatic N) is 2. The Morgan fingerprint density at radius 2 is 2.17 bits per heavy atom. The van der Waals surface area contributed by atoms with Crippen LogP contribution in [0.3, 0.4) is 0 Å². The molecule has 23 heavy (non-hydrogen) atoms. The van der Waals surface area contributed by atoms with Crippen LogP contribution in [0.25, 0.3) is 11.0 Å². The molecule has 2 aliphatic carbocycles. The first-order chi connectivity index (χ1) is 11.2. The van der Waals surface area contributed by atoms with Gasteiger partial charge in [-0.05, 0) is 42.4 Å². The molecule has 2 aromatic rings. The van der Waals surface area contributed by atoms with Crippen molar-refractivity contribution in [2.75, 3.05) is 0 Å². The molecule has 1 aromatic carbocycles. The fourth-order valence-electron chi connectivity index (χ4n) is 4.04. The zero-order valence-corrected chi connectivity index (χ0v) is 13.6. The Hall–Kier alpha value is -2.04. The molecule has 0 aliphatic heterocycles. The monoisotopic (exact) mass is 312 g/mol. The normalized spacial score (nSPS) is 22.2. The number of carbonyl (C=O) groups is 1. The summed E-state index contributed by atoms with van der Waals surface area (Å²) < 4.78 is 2.00. The maximum Gasteiger partial charge on any atom is 0.315 e. The topological polar surface area (TPSA) is 59.0 Å². The van der Waals surface area contributed by atoms with Crippen LogP contribution in [0.5, 0.6) is 0 Å². The average Bonchev–Trinajstić information content (AvgIpc) is 3.06. The van der Waals surface area contributed by atoms with Crippen LogP contribution in [0, 0.1) is 5.41 Å². The summed E-state index contributed by atoms with van der Waals surface area (Å²) >= 11 is 0. The molecule has 0 saturated heterocycles. The van der Waals surface area contributed by atoms with Crippen LogP contribution in [0.15, 0.2) is 24.5 Å². The third kappa shape index (κ3) is 2.80. The zero-order chi connectivity index (χ0) is 15.9. The molecule has 1 atom stereocenters. The van der Waals surface area contributed by atoms with Crippen LogP contribution < -0.4 is 10.6 Å². The van der Waals surface area contributed by atoms with Gasteiger partial charge in [-0.2, -0.15) is 0 Å². The number of hydrogen-bond acceptors (Lipinski definition) is 2. The van der Waals surface area contributed by atoms with E-state index in [1.807, 2.05) is 30.1 Å². The predicted octanol–water partition coefficient (Wildman–Crippen LogP) is 3.10. The molecule has 0 bridgehead atoms. The first kappa shape index (κ1) is 14.5. The zero-order valence-electron chi connectivity index (χ0n) is 13.6. The molecule has 4 rings (SSSR count). The summed E-state index contributed by atoms with van der Waals surface area (Å²) in [6.45, 7) is 0.540. The Morgan fingerprint density at radius 3 is 3.00 bits per heavy atom. The Kier molecular flexibility index (Phi) is 3.51. The van der Waals surface area contributed by atoms with Crippen LogP contribution in [-0.4, -0.2) is 21.6 Å². The fourth-order valence-corrected chi connectivity index (χ4v) is 4.04. The third-order valence-corrected chi connectivity index (χ3v) is 5.59. The molecule has 1 aromatic heterocycles. The van der Waals surface area contributed by atoms with Crippen molar-refractivity contribution in [2.45, 2.75) is 51.1 Å². The van der Waals surface area contributed by atoms with E-state index in [2.05, 4.69) is 21.7 Å². The summed E-state index contributed by atoms with van der Waals surface area (Å²) in [7, 11) is 1.98. The van der Waals surface area contributed by atoms with Gasteiger partial charge in [-0.3, -0.25) is 0 Å². The van der Waals surface area contributed by atoms with Crippen LogP contribution >= 0.6 is 0 Å². The van der Waals surface area contributed by atoms with Gasteiger partial charge in [0.1, 0.15) is 0 Å². The summed E-state index contributed by atoms with van der Waals surface area (Å²) in [5.41, 5.74) is 3.59. The van der Waals surface area contributed by atoms with Gasteiger partial charge in [0.25, 0.3) is 0 Å². The molecule has 2 N–H and O–H groups in total. The molecular formula is C18H24N4O. The first-order valence-electron chi connectivity index (χ1n) is 8.61.